The Morgan fingerprint density at radius 1 is 1.38 bits per heavy atom. The van der Waals surface area contributed by atoms with Gasteiger partial charge in [-0.1, -0.05) is 34.1 Å². The molecule has 1 unspecified atom stereocenters. The molecule has 2 N–H and O–H groups in total. The lowest BCUT2D eigenvalue weighted by Gasteiger charge is -2.32. The van der Waals surface area contributed by atoms with E-state index in [1.165, 1.54) is 0 Å². The van der Waals surface area contributed by atoms with Gasteiger partial charge in [0.25, 0.3) is 0 Å². The van der Waals surface area contributed by atoms with Gasteiger partial charge in [0.15, 0.2) is 0 Å². The van der Waals surface area contributed by atoms with Crippen molar-refractivity contribution in [2.75, 3.05) is 19.6 Å². The van der Waals surface area contributed by atoms with Crippen LogP contribution >= 0.6 is 0 Å². The number of rotatable bonds is 7. The molecule has 0 saturated carbocycles. The molecule has 0 aromatic rings. The van der Waals surface area contributed by atoms with Crippen LogP contribution in [0.1, 0.15) is 47.5 Å². The predicted molar refractivity (Wildman–Crippen MR) is 69.2 cm³/mol. The average molecular weight is 228 g/mol. The lowest BCUT2D eigenvalue weighted by atomic mass is 9.92. The van der Waals surface area contributed by atoms with Gasteiger partial charge in [-0.2, -0.15) is 0 Å². The number of carbonyl (C=O) groups excluding carboxylic acids is 1. The Morgan fingerprint density at radius 2 is 1.94 bits per heavy atom. The first kappa shape index (κ1) is 15.4. The van der Waals surface area contributed by atoms with Crippen LogP contribution in [0.5, 0.6) is 0 Å². The predicted octanol–water partition coefficient (Wildman–Crippen LogP) is 2.26. The fourth-order valence-corrected chi connectivity index (χ4v) is 1.79. The van der Waals surface area contributed by atoms with Crippen LogP contribution in [-0.2, 0) is 4.79 Å². The minimum absolute atomic E-state index is 0.0115. The van der Waals surface area contributed by atoms with Crippen molar-refractivity contribution in [1.29, 1.82) is 0 Å². The molecule has 1 amide bonds. The van der Waals surface area contributed by atoms with E-state index in [0.717, 1.165) is 25.9 Å². The molecular formula is C13H28N2O. The molecule has 1 atom stereocenters. The summed E-state index contributed by atoms with van der Waals surface area (Å²) in [5.74, 6) is 0.407. The Morgan fingerprint density at radius 3 is 2.31 bits per heavy atom. The molecule has 0 bridgehead atoms. The fraction of sp³-hybridized carbons (Fsp3) is 0.923. The molecular weight excluding hydrogens is 200 g/mol. The molecule has 0 fully saturated rings. The second kappa shape index (κ2) is 6.89. The van der Waals surface area contributed by atoms with E-state index in [-0.39, 0.29) is 17.2 Å². The van der Waals surface area contributed by atoms with Crippen LogP contribution in [0.3, 0.4) is 0 Å². The van der Waals surface area contributed by atoms with Gasteiger partial charge in [-0.3, -0.25) is 4.79 Å². The molecule has 0 aromatic heterocycles. The zero-order chi connectivity index (χ0) is 12.8. The molecule has 0 aromatic carbocycles. The van der Waals surface area contributed by atoms with E-state index < -0.39 is 0 Å². The van der Waals surface area contributed by atoms with Crippen LogP contribution in [-0.4, -0.2) is 30.4 Å². The molecule has 0 aliphatic heterocycles. The van der Waals surface area contributed by atoms with Crippen LogP contribution in [0.4, 0.5) is 0 Å². The van der Waals surface area contributed by atoms with Gasteiger partial charge < -0.3 is 10.6 Å². The number of hydrogen-bond donors (Lipinski definition) is 1. The lowest BCUT2D eigenvalue weighted by molar-refractivity contribution is -0.136. The first-order valence-electron chi connectivity index (χ1n) is 6.36. The molecule has 3 nitrogen and oxygen atoms in total. The fourth-order valence-electron chi connectivity index (χ4n) is 1.79. The Kier molecular flexibility index (Phi) is 6.65. The third kappa shape index (κ3) is 4.97. The minimum Gasteiger partial charge on any atom is -0.342 e. The summed E-state index contributed by atoms with van der Waals surface area (Å²) < 4.78 is 0. The maximum Gasteiger partial charge on any atom is 0.225 e. The normalized spacial score (nSPS) is 13.6. The van der Waals surface area contributed by atoms with Gasteiger partial charge in [-0.15, -0.1) is 0 Å². The number of carbonyl (C=O) groups is 1. The van der Waals surface area contributed by atoms with E-state index in [2.05, 4.69) is 20.8 Å². The summed E-state index contributed by atoms with van der Waals surface area (Å²) in [6, 6.07) is 0. The highest BCUT2D eigenvalue weighted by molar-refractivity contribution is 5.78. The van der Waals surface area contributed by atoms with Gasteiger partial charge in [0.05, 0.1) is 0 Å². The number of hydrogen-bond acceptors (Lipinski definition) is 2. The molecule has 0 spiro atoms. The Bertz CT molecular complexity index is 214. The minimum atomic E-state index is 0.0115. The molecule has 0 aliphatic rings. The van der Waals surface area contributed by atoms with Crippen LogP contribution in [0.25, 0.3) is 0 Å². The molecule has 0 radical (unpaired) electrons. The Hall–Kier alpha value is -0.570. The quantitative estimate of drug-likeness (QED) is 0.726. The largest absolute Gasteiger partial charge is 0.342 e. The second-order valence-corrected chi connectivity index (χ2v) is 5.41. The van der Waals surface area contributed by atoms with Crippen molar-refractivity contribution in [2.45, 2.75) is 47.5 Å². The summed E-state index contributed by atoms with van der Waals surface area (Å²) >= 11 is 0. The van der Waals surface area contributed by atoms with Crippen molar-refractivity contribution >= 4 is 5.91 Å². The summed E-state index contributed by atoms with van der Waals surface area (Å²) in [5.41, 5.74) is 5.72. The second-order valence-electron chi connectivity index (χ2n) is 5.41. The summed E-state index contributed by atoms with van der Waals surface area (Å²) in [5, 5.41) is 0. The van der Waals surface area contributed by atoms with Crippen LogP contribution < -0.4 is 5.73 Å². The molecule has 3 heteroatoms. The van der Waals surface area contributed by atoms with Crippen molar-refractivity contribution in [3.8, 4) is 0 Å². The number of amides is 1. The maximum absolute atomic E-state index is 12.1. The van der Waals surface area contributed by atoms with Gasteiger partial charge in [0, 0.05) is 19.0 Å². The van der Waals surface area contributed by atoms with Gasteiger partial charge >= 0.3 is 0 Å². The SMILES string of the molecule is CCCC(C)C(=O)N(CC)CC(C)(C)CN. The smallest absolute Gasteiger partial charge is 0.225 e. The van der Waals surface area contributed by atoms with E-state index >= 15 is 0 Å². The van der Waals surface area contributed by atoms with Gasteiger partial charge in [0.1, 0.15) is 0 Å². The van der Waals surface area contributed by atoms with Crippen molar-refractivity contribution in [3.05, 3.63) is 0 Å². The zero-order valence-corrected chi connectivity index (χ0v) is 11.5. The standard InChI is InChI=1S/C13H28N2O/c1-6-8-11(3)12(16)15(7-2)10-13(4,5)9-14/h11H,6-10,14H2,1-5H3. The van der Waals surface area contributed by atoms with Gasteiger partial charge in [-0.25, -0.2) is 0 Å². The van der Waals surface area contributed by atoms with Crippen LogP contribution in [0.2, 0.25) is 0 Å². The van der Waals surface area contributed by atoms with E-state index in [4.69, 9.17) is 5.73 Å². The third-order valence-corrected chi connectivity index (χ3v) is 3.01. The molecule has 96 valence electrons. The molecule has 0 heterocycles. The molecule has 16 heavy (non-hydrogen) atoms. The first-order chi connectivity index (χ1) is 7.37. The zero-order valence-electron chi connectivity index (χ0n) is 11.5. The third-order valence-electron chi connectivity index (χ3n) is 3.01. The maximum atomic E-state index is 12.1. The van der Waals surface area contributed by atoms with Gasteiger partial charge in [-0.05, 0) is 25.3 Å². The van der Waals surface area contributed by atoms with E-state index in [9.17, 15) is 4.79 Å². The average Bonchev–Trinajstić information content (AvgIpc) is 2.25. The molecule has 0 aliphatic carbocycles. The highest BCUT2D eigenvalue weighted by atomic mass is 16.2. The molecule has 0 saturated heterocycles. The highest BCUT2D eigenvalue weighted by Crippen LogP contribution is 2.17. The first-order valence-corrected chi connectivity index (χ1v) is 6.36. The van der Waals surface area contributed by atoms with Crippen molar-refractivity contribution in [1.82, 2.24) is 4.90 Å². The summed E-state index contributed by atoms with van der Waals surface area (Å²) in [7, 11) is 0. The molecule has 0 rings (SSSR count). The van der Waals surface area contributed by atoms with Crippen LogP contribution in [0.15, 0.2) is 0 Å². The number of nitrogens with zero attached hydrogens (tertiary/aromatic N) is 1. The monoisotopic (exact) mass is 228 g/mol. The van der Waals surface area contributed by atoms with Crippen LogP contribution in [0, 0.1) is 11.3 Å². The number of nitrogens with two attached hydrogens (primary N) is 1. The topological polar surface area (TPSA) is 46.3 Å². The van der Waals surface area contributed by atoms with E-state index in [1.54, 1.807) is 0 Å². The Labute approximate surface area is 100 Å². The Balaban J connectivity index is 4.43. The van der Waals surface area contributed by atoms with Crippen molar-refractivity contribution < 1.29 is 4.79 Å². The summed E-state index contributed by atoms with van der Waals surface area (Å²) in [4.78, 5) is 14.1. The highest BCUT2D eigenvalue weighted by Gasteiger charge is 2.25. The summed E-state index contributed by atoms with van der Waals surface area (Å²) in [6.07, 6.45) is 2.03. The summed E-state index contributed by atoms with van der Waals surface area (Å²) in [6.45, 7) is 12.5. The van der Waals surface area contributed by atoms with E-state index in [0.29, 0.717) is 6.54 Å². The van der Waals surface area contributed by atoms with E-state index in [1.807, 2.05) is 18.7 Å². The van der Waals surface area contributed by atoms with Crippen molar-refractivity contribution in [2.24, 2.45) is 17.1 Å². The van der Waals surface area contributed by atoms with Gasteiger partial charge in [0.2, 0.25) is 5.91 Å². The lowest BCUT2D eigenvalue weighted by Crippen LogP contribution is -2.43. The van der Waals surface area contributed by atoms with Crippen molar-refractivity contribution in [3.63, 3.8) is 0 Å².